The van der Waals surface area contributed by atoms with E-state index in [9.17, 15) is 17.6 Å². The van der Waals surface area contributed by atoms with Gasteiger partial charge in [0.05, 0.1) is 0 Å². The Balaban J connectivity index is 1.42. The molecule has 0 spiro atoms. The molecule has 1 amide bonds. The zero-order valence-corrected chi connectivity index (χ0v) is 16.2. The van der Waals surface area contributed by atoms with Gasteiger partial charge in [0.15, 0.2) is 5.84 Å². The number of sulfonamides is 1. The average molecular weight is 401 g/mol. The molecule has 146 valence electrons. The van der Waals surface area contributed by atoms with Gasteiger partial charge in [0, 0.05) is 30.3 Å². The minimum absolute atomic E-state index is 0.149. The number of rotatable bonds is 2. The summed E-state index contributed by atoms with van der Waals surface area (Å²) >= 11 is 0. The topological polar surface area (TPSA) is 78.8 Å². The summed E-state index contributed by atoms with van der Waals surface area (Å²) in [5.74, 6) is -0.263. The number of nitrogens with zero attached hydrogens (tertiary/aromatic N) is 2. The van der Waals surface area contributed by atoms with E-state index in [1.807, 2.05) is 4.90 Å². The summed E-state index contributed by atoms with van der Waals surface area (Å²) in [6, 6.07) is 11.4. The molecule has 6 nitrogen and oxygen atoms in total. The standard InChI is InChI=1S/C20H20FN3O3S/c1-13-6-7-15(12-17(13)21)22-20(25)14-8-10-24(11-9-14)19-16-4-2-3-5-18(16)28(26,27)23-19/h2-7,12,14H,8-11H2,1H3,(H,22,25). The van der Waals surface area contributed by atoms with Crippen molar-refractivity contribution in [3.63, 3.8) is 0 Å². The van der Waals surface area contributed by atoms with E-state index in [4.69, 9.17) is 0 Å². The van der Waals surface area contributed by atoms with Gasteiger partial charge in [-0.05, 0) is 49.6 Å². The van der Waals surface area contributed by atoms with Crippen LogP contribution in [0.5, 0.6) is 0 Å². The molecule has 2 aliphatic rings. The molecule has 8 heteroatoms. The number of amides is 1. The van der Waals surface area contributed by atoms with Crippen LogP contribution in [0, 0.1) is 18.7 Å². The number of nitrogens with one attached hydrogen (secondary N) is 1. The summed E-state index contributed by atoms with van der Waals surface area (Å²) in [6.45, 7) is 2.73. The van der Waals surface area contributed by atoms with Crippen LogP contribution in [0.4, 0.5) is 10.1 Å². The second-order valence-electron chi connectivity index (χ2n) is 7.10. The molecule has 1 N–H and O–H groups in total. The molecular formula is C20H20FN3O3S. The van der Waals surface area contributed by atoms with E-state index in [2.05, 4.69) is 9.71 Å². The monoisotopic (exact) mass is 401 g/mol. The van der Waals surface area contributed by atoms with Gasteiger partial charge >= 0.3 is 0 Å². The summed E-state index contributed by atoms with van der Waals surface area (Å²) in [4.78, 5) is 14.7. The first kappa shape index (κ1) is 18.6. The van der Waals surface area contributed by atoms with Crippen molar-refractivity contribution in [1.82, 2.24) is 4.90 Å². The minimum atomic E-state index is -3.65. The number of carbonyl (C=O) groups is 1. The Kier molecular flexibility index (Phi) is 4.66. The van der Waals surface area contributed by atoms with Crippen molar-refractivity contribution in [3.05, 3.63) is 59.4 Å². The maximum Gasteiger partial charge on any atom is 0.285 e. The van der Waals surface area contributed by atoms with E-state index in [1.165, 1.54) is 6.07 Å². The molecule has 0 aromatic heterocycles. The molecule has 0 bridgehead atoms. The number of hydrogen-bond donors (Lipinski definition) is 1. The quantitative estimate of drug-likeness (QED) is 0.839. The van der Waals surface area contributed by atoms with E-state index in [-0.39, 0.29) is 22.5 Å². The number of hydrogen-bond acceptors (Lipinski definition) is 4. The molecule has 0 saturated carbocycles. The predicted molar refractivity (Wildman–Crippen MR) is 104 cm³/mol. The Morgan fingerprint density at radius 3 is 2.61 bits per heavy atom. The third-order valence-corrected chi connectivity index (χ3v) is 6.54. The van der Waals surface area contributed by atoms with Gasteiger partial charge in [-0.1, -0.05) is 18.2 Å². The van der Waals surface area contributed by atoms with E-state index in [1.54, 1.807) is 43.3 Å². The number of benzene rings is 2. The molecule has 2 aliphatic heterocycles. The highest BCUT2D eigenvalue weighted by molar-refractivity contribution is 7.90. The Morgan fingerprint density at radius 1 is 1.18 bits per heavy atom. The van der Waals surface area contributed by atoms with Crippen molar-refractivity contribution >= 4 is 27.5 Å². The maximum atomic E-state index is 13.7. The summed E-state index contributed by atoms with van der Waals surface area (Å²) in [5.41, 5.74) is 1.58. The van der Waals surface area contributed by atoms with Crippen LogP contribution >= 0.6 is 0 Å². The highest BCUT2D eigenvalue weighted by Crippen LogP contribution is 2.30. The van der Waals surface area contributed by atoms with Gasteiger partial charge in [0.1, 0.15) is 10.7 Å². The number of piperidine rings is 1. The predicted octanol–water partition coefficient (Wildman–Crippen LogP) is 2.93. The van der Waals surface area contributed by atoms with Gasteiger partial charge in [0.25, 0.3) is 10.0 Å². The molecule has 2 aromatic carbocycles. The smallest absolute Gasteiger partial charge is 0.285 e. The first-order chi connectivity index (χ1) is 13.3. The minimum Gasteiger partial charge on any atom is -0.355 e. The first-order valence-corrected chi connectivity index (χ1v) is 10.6. The molecule has 2 aromatic rings. The first-order valence-electron chi connectivity index (χ1n) is 9.11. The van der Waals surface area contributed by atoms with Crippen LogP contribution in [0.25, 0.3) is 0 Å². The fraction of sp³-hybridized carbons (Fsp3) is 0.300. The van der Waals surface area contributed by atoms with Gasteiger partial charge in [-0.2, -0.15) is 8.42 Å². The van der Waals surface area contributed by atoms with Crippen LogP contribution in [0.2, 0.25) is 0 Å². The number of likely N-dealkylation sites (tertiary alicyclic amines) is 1. The largest absolute Gasteiger partial charge is 0.355 e. The van der Waals surface area contributed by atoms with Crippen LogP contribution in [0.3, 0.4) is 0 Å². The van der Waals surface area contributed by atoms with Crippen molar-refractivity contribution in [2.75, 3.05) is 18.4 Å². The number of amidine groups is 1. The molecule has 4 rings (SSSR count). The van der Waals surface area contributed by atoms with E-state index in [0.29, 0.717) is 48.6 Å². The fourth-order valence-electron chi connectivity index (χ4n) is 3.58. The van der Waals surface area contributed by atoms with Gasteiger partial charge in [-0.25, -0.2) is 4.39 Å². The third-order valence-electron chi connectivity index (χ3n) is 5.22. The zero-order chi connectivity index (χ0) is 19.9. The van der Waals surface area contributed by atoms with Crippen molar-refractivity contribution in [2.24, 2.45) is 10.3 Å². The van der Waals surface area contributed by atoms with Crippen LogP contribution in [0.1, 0.15) is 24.0 Å². The Morgan fingerprint density at radius 2 is 1.89 bits per heavy atom. The van der Waals surface area contributed by atoms with Gasteiger partial charge < -0.3 is 10.2 Å². The molecule has 0 radical (unpaired) electrons. The second-order valence-corrected chi connectivity index (χ2v) is 8.67. The summed E-state index contributed by atoms with van der Waals surface area (Å²) in [6.07, 6.45) is 1.14. The summed E-state index contributed by atoms with van der Waals surface area (Å²) in [5, 5.41) is 2.77. The molecule has 1 saturated heterocycles. The Hall–Kier alpha value is -2.74. The Labute approximate surface area is 163 Å². The molecule has 28 heavy (non-hydrogen) atoms. The molecule has 0 unspecified atom stereocenters. The van der Waals surface area contributed by atoms with E-state index in [0.717, 1.165) is 0 Å². The van der Waals surface area contributed by atoms with Crippen molar-refractivity contribution in [1.29, 1.82) is 0 Å². The summed E-state index contributed by atoms with van der Waals surface area (Å²) in [7, 11) is -3.65. The maximum absolute atomic E-state index is 13.7. The third kappa shape index (κ3) is 3.40. The number of anilines is 1. The van der Waals surface area contributed by atoms with Gasteiger partial charge in [-0.3, -0.25) is 4.79 Å². The zero-order valence-electron chi connectivity index (χ0n) is 15.4. The fourth-order valence-corrected chi connectivity index (χ4v) is 4.81. The second kappa shape index (κ2) is 7.01. The number of carbonyl (C=O) groups excluding carboxylic acids is 1. The molecule has 0 atom stereocenters. The summed E-state index contributed by atoms with van der Waals surface area (Å²) < 4.78 is 42.0. The molecule has 2 heterocycles. The molecular weight excluding hydrogens is 381 g/mol. The van der Waals surface area contributed by atoms with Gasteiger partial charge in [0.2, 0.25) is 5.91 Å². The number of aryl methyl sites for hydroxylation is 1. The lowest BCUT2D eigenvalue weighted by Crippen LogP contribution is -2.41. The SMILES string of the molecule is Cc1ccc(NC(=O)C2CCN(C3=NS(=O)(=O)c4ccccc43)CC2)cc1F. The lowest BCUT2D eigenvalue weighted by Gasteiger charge is -2.32. The lowest BCUT2D eigenvalue weighted by atomic mass is 9.95. The van der Waals surface area contributed by atoms with Gasteiger partial charge in [-0.15, -0.1) is 4.40 Å². The van der Waals surface area contributed by atoms with Crippen molar-refractivity contribution in [3.8, 4) is 0 Å². The van der Waals surface area contributed by atoms with Crippen LogP contribution < -0.4 is 5.32 Å². The number of halogens is 1. The molecule has 0 aliphatic carbocycles. The van der Waals surface area contributed by atoms with Crippen molar-refractivity contribution in [2.45, 2.75) is 24.7 Å². The van der Waals surface area contributed by atoms with Crippen LogP contribution in [-0.2, 0) is 14.8 Å². The van der Waals surface area contributed by atoms with Crippen molar-refractivity contribution < 1.29 is 17.6 Å². The number of fused-ring (bicyclic) bond motifs is 1. The highest BCUT2D eigenvalue weighted by Gasteiger charge is 2.34. The van der Waals surface area contributed by atoms with E-state index < -0.39 is 10.0 Å². The van der Waals surface area contributed by atoms with E-state index >= 15 is 0 Å². The van der Waals surface area contributed by atoms with Crippen LogP contribution in [-0.4, -0.2) is 38.2 Å². The Bertz CT molecular complexity index is 1070. The lowest BCUT2D eigenvalue weighted by molar-refractivity contribution is -0.120. The highest BCUT2D eigenvalue weighted by atomic mass is 32.2. The normalized spacial score (nSPS) is 18.5. The van der Waals surface area contributed by atoms with Crippen LogP contribution in [0.15, 0.2) is 51.8 Å². The average Bonchev–Trinajstić information content (AvgIpc) is 2.96. The molecule has 1 fully saturated rings.